The summed E-state index contributed by atoms with van der Waals surface area (Å²) in [5, 5.41) is 19.4. The molecule has 1 aromatic carbocycles. The van der Waals surface area contributed by atoms with Gasteiger partial charge in [0.15, 0.2) is 0 Å². The number of thiazole rings is 1. The highest BCUT2D eigenvalue weighted by Gasteiger charge is 2.31. The zero-order chi connectivity index (χ0) is 15.1. The number of rotatable bonds is 2. The molecule has 2 N–H and O–H groups in total. The number of hydrogen-bond donors (Lipinski definition) is 2. The summed E-state index contributed by atoms with van der Waals surface area (Å²) in [6.45, 7) is 4.25. The van der Waals surface area contributed by atoms with Gasteiger partial charge in [0.2, 0.25) is 0 Å². The first-order chi connectivity index (χ1) is 9.97. The zero-order valence-electron chi connectivity index (χ0n) is 11.6. The molecule has 0 bridgehead atoms. The number of benzene rings is 1. The lowest BCUT2D eigenvalue weighted by atomic mass is 10.2. The molecule has 1 aromatic heterocycles. The van der Waals surface area contributed by atoms with Gasteiger partial charge in [0, 0.05) is 15.0 Å². The molecule has 0 fully saturated rings. The Morgan fingerprint density at radius 2 is 2.14 bits per heavy atom. The van der Waals surface area contributed by atoms with Gasteiger partial charge in [-0.3, -0.25) is 5.41 Å². The van der Waals surface area contributed by atoms with Gasteiger partial charge in [-0.15, -0.1) is 11.3 Å². The number of aryl methyl sites for hydroxylation is 2. The second-order valence-electron chi connectivity index (χ2n) is 4.90. The van der Waals surface area contributed by atoms with E-state index in [2.05, 4.69) is 20.9 Å². The van der Waals surface area contributed by atoms with Crippen LogP contribution >= 0.6 is 27.3 Å². The number of aromatic nitrogens is 1. The summed E-state index contributed by atoms with van der Waals surface area (Å²) < 4.78 is 0.946. The molecular formula is C15H14BrN3OS. The minimum atomic E-state index is 0.203. The molecular weight excluding hydrogens is 350 g/mol. The van der Waals surface area contributed by atoms with Gasteiger partial charge in [-0.2, -0.15) is 0 Å². The fourth-order valence-corrected chi connectivity index (χ4v) is 3.62. The normalized spacial score (nSPS) is 15.2. The molecule has 2 heterocycles. The van der Waals surface area contributed by atoms with Gasteiger partial charge in [-0.25, -0.2) is 4.98 Å². The third-order valence-electron chi connectivity index (χ3n) is 3.47. The van der Waals surface area contributed by atoms with Crippen LogP contribution in [0.2, 0.25) is 0 Å². The van der Waals surface area contributed by atoms with Gasteiger partial charge >= 0.3 is 0 Å². The van der Waals surface area contributed by atoms with Crippen molar-refractivity contribution in [3.8, 4) is 0 Å². The Hall–Kier alpha value is -1.66. The van der Waals surface area contributed by atoms with E-state index in [0.717, 1.165) is 20.7 Å². The van der Waals surface area contributed by atoms with Gasteiger partial charge in [-0.05, 0) is 32.0 Å². The summed E-state index contributed by atoms with van der Waals surface area (Å²) in [7, 11) is 0. The molecule has 1 aliphatic rings. The predicted molar refractivity (Wildman–Crippen MR) is 90.4 cm³/mol. The second-order valence-corrected chi connectivity index (χ2v) is 7.02. The lowest BCUT2D eigenvalue weighted by Gasteiger charge is -2.18. The zero-order valence-corrected chi connectivity index (χ0v) is 14.0. The minimum Gasteiger partial charge on any atom is -0.510 e. The summed E-state index contributed by atoms with van der Waals surface area (Å²) in [4.78, 5) is 7.35. The van der Waals surface area contributed by atoms with E-state index in [9.17, 15) is 5.11 Å². The molecule has 4 nitrogen and oxygen atoms in total. The van der Waals surface area contributed by atoms with Crippen molar-refractivity contribution in [2.45, 2.75) is 13.8 Å². The van der Waals surface area contributed by atoms with Crippen molar-refractivity contribution >= 4 is 44.4 Å². The van der Waals surface area contributed by atoms with Crippen molar-refractivity contribution in [1.29, 1.82) is 5.41 Å². The Morgan fingerprint density at radius 3 is 2.76 bits per heavy atom. The van der Waals surface area contributed by atoms with Crippen molar-refractivity contribution in [3.05, 3.63) is 50.1 Å². The SMILES string of the molecule is Cc1nc(C2=C(O)CN(c3cccc(Br)c3)C2=N)sc1C. The first kappa shape index (κ1) is 14.3. The average Bonchev–Trinajstić information content (AvgIpc) is 2.90. The van der Waals surface area contributed by atoms with Crippen LogP contribution in [0.1, 0.15) is 15.6 Å². The van der Waals surface area contributed by atoms with E-state index < -0.39 is 0 Å². The van der Waals surface area contributed by atoms with E-state index in [-0.39, 0.29) is 5.76 Å². The minimum absolute atomic E-state index is 0.203. The highest BCUT2D eigenvalue weighted by molar-refractivity contribution is 9.10. The maximum absolute atomic E-state index is 10.3. The number of anilines is 1. The Labute approximate surface area is 135 Å². The summed E-state index contributed by atoms with van der Waals surface area (Å²) in [5.74, 6) is 0.494. The number of hydrogen-bond acceptors (Lipinski definition) is 4. The van der Waals surface area contributed by atoms with Gasteiger partial charge in [-0.1, -0.05) is 22.0 Å². The quantitative estimate of drug-likeness (QED) is 0.836. The third-order valence-corrected chi connectivity index (χ3v) is 5.05. The molecule has 0 atom stereocenters. The van der Waals surface area contributed by atoms with Gasteiger partial charge in [0.1, 0.15) is 16.6 Å². The second kappa shape index (κ2) is 5.27. The Balaban J connectivity index is 1.98. The average molecular weight is 364 g/mol. The van der Waals surface area contributed by atoms with Crippen LogP contribution in [0.4, 0.5) is 5.69 Å². The maximum atomic E-state index is 10.3. The first-order valence-corrected chi connectivity index (χ1v) is 8.07. The van der Waals surface area contributed by atoms with Crippen LogP contribution in [0, 0.1) is 19.3 Å². The number of aliphatic hydroxyl groups is 1. The molecule has 0 unspecified atom stereocenters. The molecule has 0 saturated carbocycles. The predicted octanol–water partition coefficient (Wildman–Crippen LogP) is 4.29. The molecule has 6 heteroatoms. The number of nitrogens with one attached hydrogen (secondary N) is 1. The molecule has 0 radical (unpaired) electrons. The van der Waals surface area contributed by atoms with E-state index in [0.29, 0.717) is 23.0 Å². The number of nitrogens with zero attached hydrogens (tertiary/aromatic N) is 2. The fourth-order valence-electron chi connectivity index (χ4n) is 2.25. The van der Waals surface area contributed by atoms with Gasteiger partial charge in [0.25, 0.3) is 0 Å². The molecule has 0 saturated heterocycles. The summed E-state index contributed by atoms with van der Waals surface area (Å²) >= 11 is 4.95. The van der Waals surface area contributed by atoms with Crippen molar-refractivity contribution in [3.63, 3.8) is 0 Å². The van der Waals surface area contributed by atoms with E-state index in [4.69, 9.17) is 5.41 Å². The van der Waals surface area contributed by atoms with Crippen molar-refractivity contribution in [2.75, 3.05) is 11.4 Å². The van der Waals surface area contributed by atoms with Crippen LogP contribution in [0.3, 0.4) is 0 Å². The number of amidine groups is 1. The number of aliphatic hydroxyl groups excluding tert-OH is 1. The van der Waals surface area contributed by atoms with Crippen LogP contribution in [-0.2, 0) is 0 Å². The fraction of sp³-hybridized carbons (Fsp3) is 0.200. The highest BCUT2D eigenvalue weighted by Crippen LogP contribution is 2.34. The molecule has 3 rings (SSSR count). The molecule has 21 heavy (non-hydrogen) atoms. The van der Waals surface area contributed by atoms with Crippen LogP contribution in [0.5, 0.6) is 0 Å². The van der Waals surface area contributed by atoms with Gasteiger partial charge < -0.3 is 10.0 Å². The van der Waals surface area contributed by atoms with Crippen molar-refractivity contribution in [2.24, 2.45) is 0 Å². The standard InChI is InChI=1S/C15H14BrN3OS/c1-8-9(2)21-15(18-8)13-12(20)7-19(14(13)17)11-5-3-4-10(16)6-11/h3-6,17,20H,7H2,1-2H3. The van der Waals surface area contributed by atoms with Gasteiger partial charge in [0.05, 0.1) is 17.8 Å². The van der Waals surface area contributed by atoms with E-state index in [1.807, 2.05) is 38.1 Å². The van der Waals surface area contributed by atoms with E-state index in [1.165, 1.54) is 11.3 Å². The summed E-state index contributed by atoms with van der Waals surface area (Å²) in [6, 6.07) is 7.71. The molecule has 2 aromatic rings. The molecule has 0 amide bonds. The lowest BCUT2D eigenvalue weighted by molar-refractivity contribution is 0.411. The lowest BCUT2D eigenvalue weighted by Crippen LogP contribution is -2.25. The van der Waals surface area contributed by atoms with Crippen LogP contribution in [0.15, 0.2) is 34.5 Å². The van der Waals surface area contributed by atoms with Crippen LogP contribution in [-0.4, -0.2) is 22.5 Å². The molecule has 0 spiro atoms. The highest BCUT2D eigenvalue weighted by atomic mass is 79.9. The maximum Gasteiger partial charge on any atom is 0.139 e. The Kier molecular flexibility index (Phi) is 3.59. The largest absolute Gasteiger partial charge is 0.510 e. The first-order valence-electron chi connectivity index (χ1n) is 6.46. The van der Waals surface area contributed by atoms with E-state index >= 15 is 0 Å². The van der Waals surface area contributed by atoms with Crippen LogP contribution in [0.25, 0.3) is 5.57 Å². The monoisotopic (exact) mass is 363 g/mol. The molecule has 108 valence electrons. The third kappa shape index (κ3) is 2.49. The summed E-state index contributed by atoms with van der Waals surface area (Å²) in [6.07, 6.45) is 0. The summed E-state index contributed by atoms with van der Waals surface area (Å²) in [5.41, 5.74) is 2.36. The molecule has 0 aliphatic carbocycles. The van der Waals surface area contributed by atoms with Crippen LogP contribution < -0.4 is 4.90 Å². The Bertz CT molecular complexity index is 747. The number of halogens is 1. The smallest absolute Gasteiger partial charge is 0.139 e. The Morgan fingerprint density at radius 1 is 1.38 bits per heavy atom. The van der Waals surface area contributed by atoms with Crippen molar-refractivity contribution < 1.29 is 5.11 Å². The topological polar surface area (TPSA) is 60.2 Å². The van der Waals surface area contributed by atoms with E-state index in [1.54, 1.807) is 4.90 Å². The molecule has 1 aliphatic heterocycles. The van der Waals surface area contributed by atoms with Crippen molar-refractivity contribution in [1.82, 2.24) is 4.98 Å².